The van der Waals surface area contributed by atoms with Gasteiger partial charge in [-0.15, -0.1) is 0 Å². The van der Waals surface area contributed by atoms with Gasteiger partial charge in [-0.1, -0.05) is 65.3 Å². The molecule has 0 aliphatic heterocycles. The minimum Gasteiger partial charge on any atom is -0.487 e. The standard InChI is InChI=1S/C22H19ClN2O3/c23-20-13-18(11-12-21(20)27-15-17-7-3-1-4-8-17)14-24-28-16-22(26)25-19-9-5-2-6-10-19/h1-14H,15-16H2,(H,25,26)/b24-14+. The summed E-state index contributed by atoms with van der Waals surface area (Å²) in [5, 5.41) is 6.99. The summed E-state index contributed by atoms with van der Waals surface area (Å²) in [6.07, 6.45) is 1.49. The van der Waals surface area contributed by atoms with Crippen molar-refractivity contribution in [2.24, 2.45) is 5.16 Å². The van der Waals surface area contributed by atoms with Gasteiger partial charge >= 0.3 is 0 Å². The Morgan fingerprint density at radius 1 is 1.00 bits per heavy atom. The van der Waals surface area contributed by atoms with Crippen LogP contribution in [0.25, 0.3) is 0 Å². The Morgan fingerprint density at radius 3 is 2.43 bits per heavy atom. The predicted molar refractivity (Wildman–Crippen MR) is 111 cm³/mol. The maximum Gasteiger partial charge on any atom is 0.265 e. The number of nitrogens with one attached hydrogen (secondary N) is 1. The molecule has 0 radical (unpaired) electrons. The number of hydrogen-bond acceptors (Lipinski definition) is 4. The first kappa shape index (κ1) is 19.5. The van der Waals surface area contributed by atoms with E-state index in [9.17, 15) is 4.79 Å². The lowest BCUT2D eigenvalue weighted by molar-refractivity contribution is -0.120. The highest BCUT2D eigenvalue weighted by Gasteiger charge is 2.04. The van der Waals surface area contributed by atoms with Crippen LogP contribution in [0.2, 0.25) is 5.02 Å². The summed E-state index contributed by atoms with van der Waals surface area (Å²) in [7, 11) is 0. The molecule has 1 amide bonds. The predicted octanol–water partition coefficient (Wildman–Crippen LogP) is 4.91. The van der Waals surface area contributed by atoms with E-state index in [-0.39, 0.29) is 12.5 Å². The number of halogens is 1. The lowest BCUT2D eigenvalue weighted by Crippen LogP contribution is -2.16. The van der Waals surface area contributed by atoms with Crippen LogP contribution >= 0.6 is 11.6 Å². The molecule has 0 atom stereocenters. The number of carbonyl (C=O) groups excluding carboxylic acids is 1. The Hall–Kier alpha value is -3.31. The van der Waals surface area contributed by atoms with Gasteiger partial charge in [-0.3, -0.25) is 4.79 Å². The van der Waals surface area contributed by atoms with Crippen LogP contribution < -0.4 is 10.1 Å². The summed E-state index contributed by atoms with van der Waals surface area (Å²) in [6.45, 7) is 0.255. The quantitative estimate of drug-likeness (QED) is 0.436. The Morgan fingerprint density at radius 2 is 1.71 bits per heavy atom. The fourth-order valence-electron chi connectivity index (χ4n) is 2.36. The zero-order valence-corrected chi connectivity index (χ0v) is 15.8. The molecule has 0 aromatic heterocycles. The normalized spacial score (nSPS) is 10.6. The second-order valence-corrected chi connectivity index (χ2v) is 6.29. The third-order valence-corrected chi connectivity index (χ3v) is 4.02. The van der Waals surface area contributed by atoms with Crippen molar-refractivity contribution in [3.63, 3.8) is 0 Å². The molecule has 6 heteroatoms. The monoisotopic (exact) mass is 394 g/mol. The van der Waals surface area contributed by atoms with Gasteiger partial charge in [0, 0.05) is 5.69 Å². The minimum atomic E-state index is -0.286. The Labute approximate surface area is 168 Å². The van der Waals surface area contributed by atoms with Gasteiger partial charge in [-0.2, -0.15) is 0 Å². The number of ether oxygens (including phenoxy) is 1. The van der Waals surface area contributed by atoms with Gasteiger partial charge in [0.1, 0.15) is 12.4 Å². The average Bonchev–Trinajstić information content (AvgIpc) is 2.72. The minimum absolute atomic E-state index is 0.183. The van der Waals surface area contributed by atoms with E-state index in [1.165, 1.54) is 6.21 Å². The van der Waals surface area contributed by atoms with E-state index >= 15 is 0 Å². The van der Waals surface area contributed by atoms with Crippen LogP contribution in [0, 0.1) is 0 Å². The van der Waals surface area contributed by atoms with Crippen LogP contribution in [-0.4, -0.2) is 18.7 Å². The lowest BCUT2D eigenvalue weighted by atomic mass is 10.2. The molecule has 0 heterocycles. The zero-order chi connectivity index (χ0) is 19.6. The topological polar surface area (TPSA) is 59.9 Å². The first-order chi connectivity index (χ1) is 13.7. The van der Waals surface area contributed by atoms with Crippen molar-refractivity contribution >= 4 is 29.4 Å². The summed E-state index contributed by atoms with van der Waals surface area (Å²) < 4.78 is 5.73. The highest BCUT2D eigenvalue weighted by Crippen LogP contribution is 2.25. The molecule has 0 aliphatic carbocycles. The maximum atomic E-state index is 11.8. The molecule has 0 bridgehead atoms. The molecule has 3 aromatic carbocycles. The second kappa shape index (κ2) is 10.1. The number of amides is 1. The van der Waals surface area contributed by atoms with E-state index in [4.69, 9.17) is 21.2 Å². The number of benzene rings is 3. The van der Waals surface area contributed by atoms with E-state index < -0.39 is 0 Å². The van der Waals surface area contributed by atoms with Crippen molar-refractivity contribution in [2.75, 3.05) is 11.9 Å². The molecule has 0 saturated heterocycles. The third-order valence-electron chi connectivity index (χ3n) is 3.72. The summed E-state index contributed by atoms with van der Waals surface area (Å²) in [5.41, 5.74) is 2.50. The van der Waals surface area contributed by atoms with Crippen LogP contribution in [0.1, 0.15) is 11.1 Å². The van der Waals surface area contributed by atoms with Crippen molar-refractivity contribution < 1.29 is 14.4 Å². The summed E-state index contributed by atoms with van der Waals surface area (Å²) in [6, 6.07) is 24.3. The van der Waals surface area contributed by atoms with Gasteiger partial charge in [-0.25, -0.2) is 0 Å². The fourth-order valence-corrected chi connectivity index (χ4v) is 2.61. The van der Waals surface area contributed by atoms with Crippen molar-refractivity contribution in [1.29, 1.82) is 0 Å². The number of anilines is 1. The first-order valence-corrected chi connectivity index (χ1v) is 9.05. The molecule has 3 aromatic rings. The van der Waals surface area contributed by atoms with Gasteiger partial charge in [-0.05, 0) is 41.5 Å². The summed E-state index contributed by atoms with van der Waals surface area (Å²) in [5.74, 6) is 0.303. The Bertz CT molecular complexity index is 931. The van der Waals surface area contributed by atoms with Crippen molar-refractivity contribution in [3.05, 3.63) is 95.0 Å². The molecule has 28 heavy (non-hydrogen) atoms. The molecule has 1 N–H and O–H groups in total. The number of hydrogen-bond donors (Lipinski definition) is 1. The van der Waals surface area contributed by atoms with E-state index in [0.717, 1.165) is 11.1 Å². The molecule has 0 saturated carbocycles. The second-order valence-electron chi connectivity index (χ2n) is 5.89. The Kier molecular flexibility index (Phi) is 7.04. The van der Waals surface area contributed by atoms with Gasteiger partial charge in [0.25, 0.3) is 5.91 Å². The number of rotatable bonds is 8. The van der Waals surface area contributed by atoms with E-state index in [2.05, 4.69) is 10.5 Å². The van der Waals surface area contributed by atoms with Gasteiger partial charge in [0.15, 0.2) is 6.61 Å². The Balaban J connectivity index is 1.46. The van der Waals surface area contributed by atoms with Crippen LogP contribution in [0.4, 0.5) is 5.69 Å². The van der Waals surface area contributed by atoms with Crippen molar-refractivity contribution in [1.82, 2.24) is 0 Å². The van der Waals surface area contributed by atoms with Crippen LogP contribution in [0.3, 0.4) is 0 Å². The fraction of sp³-hybridized carbons (Fsp3) is 0.0909. The molecular weight excluding hydrogens is 376 g/mol. The molecule has 5 nitrogen and oxygen atoms in total. The van der Waals surface area contributed by atoms with E-state index in [1.54, 1.807) is 24.3 Å². The number of carbonyl (C=O) groups is 1. The smallest absolute Gasteiger partial charge is 0.265 e. The molecule has 0 aliphatic rings. The molecule has 3 rings (SSSR count). The maximum absolute atomic E-state index is 11.8. The van der Waals surface area contributed by atoms with Gasteiger partial charge in [0.05, 0.1) is 11.2 Å². The molecule has 0 unspecified atom stereocenters. The van der Waals surface area contributed by atoms with Crippen LogP contribution in [-0.2, 0) is 16.2 Å². The SMILES string of the molecule is O=C(CO/N=C/c1ccc(OCc2ccccc2)c(Cl)c1)Nc1ccccc1. The number of nitrogens with zero attached hydrogens (tertiary/aromatic N) is 1. The number of para-hydroxylation sites is 1. The summed E-state index contributed by atoms with van der Waals surface area (Å²) in [4.78, 5) is 16.8. The van der Waals surface area contributed by atoms with Crippen molar-refractivity contribution in [3.8, 4) is 5.75 Å². The van der Waals surface area contributed by atoms with E-state index in [0.29, 0.717) is 23.1 Å². The average molecular weight is 395 g/mol. The third kappa shape index (κ3) is 6.14. The number of oxime groups is 1. The highest BCUT2D eigenvalue weighted by atomic mass is 35.5. The highest BCUT2D eigenvalue weighted by molar-refractivity contribution is 6.32. The van der Waals surface area contributed by atoms with E-state index in [1.807, 2.05) is 54.6 Å². The van der Waals surface area contributed by atoms with Crippen LogP contribution in [0.5, 0.6) is 5.75 Å². The first-order valence-electron chi connectivity index (χ1n) is 8.67. The molecule has 142 valence electrons. The molecule has 0 spiro atoms. The summed E-state index contributed by atoms with van der Waals surface area (Å²) >= 11 is 6.26. The largest absolute Gasteiger partial charge is 0.487 e. The van der Waals surface area contributed by atoms with Gasteiger partial charge in [0.2, 0.25) is 0 Å². The van der Waals surface area contributed by atoms with Crippen LogP contribution in [0.15, 0.2) is 84.0 Å². The zero-order valence-electron chi connectivity index (χ0n) is 15.0. The lowest BCUT2D eigenvalue weighted by Gasteiger charge is -2.08. The van der Waals surface area contributed by atoms with Gasteiger partial charge < -0.3 is 14.9 Å². The molecular formula is C22H19ClN2O3. The molecule has 0 fully saturated rings. The van der Waals surface area contributed by atoms with Crippen molar-refractivity contribution in [2.45, 2.75) is 6.61 Å².